The molecule has 5 rings (SSSR count). The fourth-order valence-electron chi connectivity index (χ4n) is 4.28. The van der Waals surface area contributed by atoms with E-state index in [-0.39, 0.29) is 11.8 Å². The van der Waals surface area contributed by atoms with Crippen LogP contribution in [0.15, 0.2) is 78.1 Å². The first-order chi connectivity index (χ1) is 15.7. The van der Waals surface area contributed by atoms with Gasteiger partial charge in [-0.3, -0.25) is 4.79 Å². The topological polar surface area (TPSA) is 63.1 Å². The highest BCUT2D eigenvalue weighted by Gasteiger charge is 2.26. The first-order valence-electron chi connectivity index (χ1n) is 10.8. The highest BCUT2D eigenvalue weighted by atomic mass is 32.2. The maximum absolute atomic E-state index is 12.8. The zero-order valence-corrected chi connectivity index (χ0v) is 18.8. The zero-order valence-electron chi connectivity index (χ0n) is 17.9. The van der Waals surface area contributed by atoms with Crippen molar-refractivity contribution >= 4 is 40.1 Å². The largest absolute Gasteiger partial charge is 0.356 e. The standard InChI is InChI=1S/C25H25N5OS/c1-32-22-9-5-3-7-20(22)28-25(31)19-10-13-29(14-11-19)23-16-24(27-17-26-23)30-15-12-18-6-2-4-8-21(18)30/h2-9,12,15-17,19H,10-11,13-14H2,1H3,(H,28,31). The minimum absolute atomic E-state index is 0.0101. The molecule has 1 N–H and O–H groups in total. The number of piperidine rings is 1. The molecule has 0 saturated carbocycles. The minimum atomic E-state index is 0.0101. The van der Waals surface area contributed by atoms with Crippen molar-refractivity contribution in [3.8, 4) is 5.82 Å². The summed E-state index contributed by atoms with van der Waals surface area (Å²) in [6.45, 7) is 1.59. The molecule has 2 aromatic carbocycles. The van der Waals surface area contributed by atoms with Gasteiger partial charge in [-0.1, -0.05) is 30.3 Å². The number of thioether (sulfide) groups is 1. The van der Waals surface area contributed by atoms with E-state index in [1.807, 2.05) is 54.9 Å². The maximum atomic E-state index is 12.8. The molecule has 32 heavy (non-hydrogen) atoms. The first-order valence-corrected chi connectivity index (χ1v) is 12.0. The lowest BCUT2D eigenvalue weighted by molar-refractivity contribution is -0.120. The number of hydrogen-bond donors (Lipinski definition) is 1. The summed E-state index contributed by atoms with van der Waals surface area (Å²) in [4.78, 5) is 25.2. The molecule has 2 aromatic heterocycles. The molecule has 1 saturated heterocycles. The fraction of sp³-hybridized carbons (Fsp3) is 0.240. The van der Waals surface area contributed by atoms with Crippen LogP contribution in [-0.4, -0.2) is 39.8 Å². The third kappa shape index (κ3) is 4.08. The molecule has 1 amide bonds. The molecule has 0 unspecified atom stereocenters. The number of nitrogens with one attached hydrogen (secondary N) is 1. The summed E-state index contributed by atoms with van der Waals surface area (Å²) < 4.78 is 2.09. The van der Waals surface area contributed by atoms with E-state index in [2.05, 4.69) is 43.0 Å². The molecule has 1 aliphatic rings. The number of rotatable bonds is 5. The van der Waals surface area contributed by atoms with Crippen LogP contribution in [0.4, 0.5) is 11.5 Å². The van der Waals surface area contributed by atoms with E-state index in [1.165, 1.54) is 5.39 Å². The van der Waals surface area contributed by atoms with Gasteiger partial charge in [-0.2, -0.15) is 0 Å². The van der Waals surface area contributed by atoms with Crippen molar-refractivity contribution in [2.24, 2.45) is 5.92 Å². The summed E-state index contributed by atoms with van der Waals surface area (Å²) in [5, 5.41) is 4.31. The maximum Gasteiger partial charge on any atom is 0.227 e. The molecule has 0 spiro atoms. The number of fused-ring (bicyclic) bond motifs is 1. The Morgan fingerprint density at radius 3 is 2.59 bits per heavy atom. The molecular weight excluding hydrogens is 418 g/mol. The van der Waals surface area contributed by atoms with Crippen LogP contribution in [0.3, 0.4) is 0 Å². The van der Waals surface area contributed by atoms with Gasteiger partial charge in [-0.15, -0.1) is 11.8 Å². The van der Waals surface area contributed by atoms with Gasteiger partial charge in [0, 0.05) is 36.2 Å². The molecule has 4 aromatic rings. The summed E-state index contributed by atoms with van der Waals surface area (Å²) in [5.74, 6) is 1.87. The Bertz CT molecular complexity index is 1250. The smallest absolute Gasteiger partial charge is 0.227 e. The lowest BCUT2D eigenvalue weighted by Gasteiger charge is -2.32. The Kier molecular flexibility index (Phi) is 5.81. The van der Waals surface area contributed by atoms with E-state index in [0.717, 1.165) is 53.7 Å². The number of para-hydroxylation sites is 2. The molecule has 1 aliphatic heterocycles. The average molecular weight is 444 g/mol. The van der Waals surface area contributed by atoms with Gasteiger partial charge in [0.25, 0.3) is 0 Å². The minimum Gasteiger partial charge on any atom is -0.356 e. The Hall–Kier alpha value is -3.32. The van der Waals surface area contributed by atoms with Crippen LogP contribution in [0.25, 0.3) is 16.7 Å². The van der Waals surface area contributed by atoms with Gasteiger partial charge in [0.15, 0.2) is 0 Å². The molecule has 162 valence electrons. The van der Waals surface area contributed by atoms with Crippen molar-refractivity contribution in [3.05, 3.63) is 73.2 Å². The normalized spacial score (nSPS) is 14.6. The van der Waals surface area contributed by atoms with E-state index >= 15 is 0 Å². The highest BCUT2D eigenvalue weighted by Crippen LogP contribution is 2.28. The molecular formula is C25H25N5OS. The summed E-state index contributed by atoms with van der Waals surface area (Å²) in [7, 11) is 0. The molecule has 6 nitrogen and oxygen atoms in total. The van der Waals surface area contributed by atoms with Crippen LogP contribution in [0.2, 0.25) is 0 Å². The Balaban J connectivity index is 1.27. The third-order valence-corrected chi connectivity index (χ3v) is 6.83. The lowest BCUT2D eigenvalue weighted by atomic mass is 9.96. The molecule has 0 radical (unpaired) electrons. The highest BCUT2D eigenvalue weighted by molar-refractivity contribution is 7.98. The van der Waals surface area contributed by atoms with Crippen molar-refractivity contribution in [2.45, 2.75) is 17.7 Å². The summed E-state index contributed by atoms with van der Waals surface area (Å²) in [5.41, 5.74) is 2.02. The quantitative estimate of drug-likeness (QED) is 0.440. The number of amides is 1. The second-order valence-corrected chi connectivity index (χ2v) is 8.78. The third-order valence-electron chi connectivity index (χ3n) is 6.04. The van der Waals surface area contributed by atoms with Crippen molar-refractivity contribution < 1.29 is 4.79 Å². The van der Waals surface area contributed by atoms with Gasteiger partial charge < -0.3 is 14.8 Å². The SMILES string of the molecule is CSc1ccccc1NC(=O)C1CCN(c2cc(-n3ccc4ccccc43)ncn2)CC1. The number of carbonyl (C=O) groups excluding carboxylic acids is 1. The molecule has 7 heteroatoms. The van der Waals surface area contributed by atoms with E-state index in [4.69, 9.17) is 0 Å². The van der Waals surface area contributed by atoms with Crippen LogP contribution in [0.1, 0.15) is 12.8 Å². The Morgan fingerprint density at radius 2 is 1.75 bits per heavy atom. The van der Waals surface area contributed by atoms with Crippen LogP contribution in [-0.2, 0) is 4.79 Å². The second kappa shape index (κ2) is 9.04. The van der Waals surface area contributed by atoms with E-state index in [9.17, 15) is 4.79 Å². The van der Waals surface area contributed by atoms with Gasteiger partial charge in [0.1, 0.15) is 18.0 Å². The van der Waals surface area contributed by atoms with Crippen molar-refractivity contribution in [2.75, 3.05) is 29.6 Å². The Labute approximate surface area is 191 Å². The number of aromatic nitrogens is 3. The van der Waals surface area contributed by atoms with Gasteiger partial charge in [0.05, 0.1) is 11.2 Å². The van der Waals surface area contributed by atoms with Crippen LogP contribution in [0.5, 0.6) is 0 Å². The first kappa shape index (κ1) is 20.6. The molecule has 0 atom stereocenters. The van der Waals surface area contributed by atoms with E-state index in [1.54, 1.807) is 18.1 Å². The van der Waals surface area contributed by atoms with Gasteiger partial charge in [0.2, 0.25) is 5.91 Å². The monoisotopic (exact) mass is 443 g/mol. The molecule has 0 bridgehead atoms. The Morgan fingerprint density at radius 1 is 1.00 bits per heavy atom. The predicted molar refractivity (Wildman–Crippen MR) is 131 cm³/mol. The lowest BCUT2D eigenvalue weighted by Crippen LogP contribution is -2.38. The van der Waals surface area contributed by atoms with E-state index in [0.29, 0.717) is 0 Å². The molecule has 0 aliphatic carbocycles. The number of nitrogens with zero attached hydrogens (tertiary/aromatic N) is 4. The zero-order chi connectivity index (χ0) is 21.9. The van der Waals surface area contributed by atoms with Crippen molar-refractivity contribution in [1.82, 2.24) is 14.5 Å². The van der Waals surface area contributed by atoms with Crippen LogP contribution < -0.4 is 10.2 Å². The van der Waals surface area contributed by atoms with E-state index < -0.39 is 0 Å². The van der Waals surface area contributed by atoms with Crippen LogP contribution >= 0.6 is 11.8 Å². The number of carbonyl (C=O) groups is 1. The molecule has 3 heterocycles. The second-order valence-electron chi connectivity index (χ2n) is 7.93. The summed E-state index contributed by atoms with van der Waals surface area (Å²) in [6.07, 6.45) is 7.30. The molecule has 1 fully saturated rings. The fourth-order valence-corrected chi connectivity index (χ4v) is 4.83. The van der Waals surface area contributed by atoms with Gasteiger partial charge >= 0.3 is 0 Å². The number of hydrogen-bond acceptors (Lipinski definition) is 5. The number of benzene rings is 2. The van der Waals surface area contributed by atoms with Crippen molar-refractivity contribution in [1.29, 1.82) is 0 Å². The summed E-state index contributed by atoms with van der Waals surface area (Å²) in [6, 6.07) is 20.3. The van der Waals surface area contributed by atoms with Gasteiger partial charge in [-0.05, 0) is 48.7 Å². The average Bonchev–Trinajstić information content (AvgIpc) is 3.29. The summed E-state index contributed by atoms with van der Waals surface area (Å²) >= 11 is 1.64. The van der Waals surface area contributed by atoms with Crippen LogP contribution in [0, 0.1) is 5.92 Å². The number of anilines is 2. The van der Waals surface area contributed by atoms with Crippen molar-refractivity contribution in [3.63, 3.8) is 0 Å². The van der Waals surface area contributed by atoms with Gasteiger partial charge in [-0.25, -0.2) is 9.97 Å². The predicted octanol–water partition coefficient (Wildman–Crippen LogP) is 5.00.